The molecule has 0 aliphatic heterocycles. The van der Waals surface area contributed by atoms with E-state index < -0.39 is 4.92 Å². The topological polar surface area (TPSA) is 126 Å². The summed E-state index contributed by atoms with van der Waals surface area (Å²) in [5, 5.41) is 17.5. The van der Waals surface area contributed by atoms with Gasteiger partial charge in [0, 0.05) is 30.8 Å². The molecule has 0 radical (unpaired) electrons. The van der Waals surface area contributed by atoms with Crippen LogP contribution in [0.2, 0.25) is 0 Å². The van der Waals surface area contributed by atoms with Gasteiger partial charge in [0.15, 0.2) is 0 Å². The lowest BCUT2D eigenvalue weighted by Crippen LogP contribution is -2.25. The molecule has 1 unspecified atom stereocenters. The highest BCUT2D eigenvalue weighted by Gasteiger charge is 2.19. The summed E-state index contributed by atoms with van der Waals surface area (Å²) in [6, 6.07) is 17.5. The van der Waals surface area contributed by atoms with Crippen molar-refractivity contribution in [1.29, 1.82) is 0 Å². The normalized spacial score (nSPS) is 11.8. The maximum Gasteiger partial charge on any atom is 0.293 e. The number of fused-ring (bicyclic) bond motifs is 1. The molecule has 1 atom stereocenters. The van der Waals surface area contributed by atoms with Crippen molar-refractivity contribution in [1.82, 2.24) is 20.3 Å². The molecule has 4 aromatic rings. The third-order valence-electron chi connectivity index (χ3n) is 5.27. The number of nitrogens with one attached hydrogen (secondary N) is 3. The van der Waals surface area contributed by atoms with Gasteiger partial charge in [-0.3, -0.25) is 19.9 Å². The maximum atomic E-state index is 12.5. The number of H-pyrrole nitrogens is 1. The van der Waals surface area contributed by atoms with E-state index in [9.17, 15) is 14.9 Å². The molecule has 9 nitrogen and oxygen atoms in total. The van der Waals surface area contributed by atoms with Gasteiger partial charge in [-0.15, -0.1) is 0 Å². The predicted molar refractivity (Wildman–Crippen MR) is 126 cm³/mol. The number of rotatable bonds is 9. The number of carbonyl (C=O) groups excluding carboxylic acids is 1. The van der Waals surface area contributed by atoms with E-state index in [1.807, 2.05) is 49.4 Å². The molecule has 4 rings (SSSR count). The van der Waals surface area contributed by atoms with Crippen LogP contribution in [0.5, 0.6) is 0 Å². The number of nitrogens with zero attached hydrogens (tertiary/aromatic N) is 3. The van der Waals surface area contributed by atoms with Gasteiger partial charge in [-0.1, -0.05) is 18.2 Å². The van der Waals surface area contributed by atoms with Crippen molar-refractivity contribution in [3.05, 3.63) is 94.1 Å². The number of pyridine rings is 1. The number of carbonyl (C=O) groups is 1. The van der Waals surface area contributed by atoms with Crippen LogP contribution in [0.15, 0.2) is 66.9 Å². The fourth-order valence-corrected chi connectivity index (χ4v) is 3.57. The standard InChI is InChI=1S/C24H24N6O3/c1-16(18-7-4-5-13-25-18)27-21-12-11-17(15-22(21)30(32)33)24(31)26-14-6-10-23-28-19-8-2-3-9-20(19)29-23/h2-5,7-9,11-13,15-16,27H,6,10,14H2,1H3,(H,26,31)(H,28,29). The van der Waals surface area contributed by atoms with E-state index >= 15 is 0 Å². The third kappa shape index (κ3) is 5.32. The summed E-state index contributed by atoms with van der Waals surface area (Å²) in [5.41, 5.74) is 3.07. The highest BCUT2D eigenvalue weighted by Crippen LogP contribution is 2.29. The maximum absolute atomic E-state index is 12.5. The highest BCUT2D eigenvalue weighted by atomic mass is 16.6. The third-order valence-corrected chi connectivity index (χ3v) is 5.27. The number of nitro benzene ring substituents is 1. The lowest BCUT2D eigenvalue weighted by atomic mass is 10.1. The first-order chi connectivity index (χ1) is 16.0. The first kappa shape index (κ1) is 21.9. The number of aryl methyl sites for hydroxylation is 1. The molecule has 2 aromatic heterocycles. The number of hydrogen-bond acceptors (Lipinski definition) is 6. The number of benzene rings is 2. The zero-order valence-corrected chi connectivity index (χ0v) is 18.1. The van der Waals surface area contributed by atoms with Crippen molar-refractivity contribution in [2.75, 3.05) is 11.9 Å². The minimum atomic E-state index is -0.494. The number of aromatic amines is 1. The van der Waals surface area contributed by atoms with Gasteiger partial charge in [-0.2, -0.15) is 0 Å². The molecule has 3 N–H and O–H groups in total. The number of anilines is 1. The Balaban J connectivity index is 1.36. The van der Waals surface area contributed by atoms with E-state index in [0.717, 1.165) is 22.6 Å². The largest absolute Gasteiger partial charge is 0.371 e. The summed E-state index contributed by atoms with van der Waals surface area (Å²) < 4.78 is 0. The average Bonchev–Trinajstić information content (AvgIpc) is 3.25. The van der Waals surface area contributed by atoms with Gasteiger partial charge >= 0.3 is 0 Å². The monoisotopic (exact) mass is 444 g/mol. The van der Waals surface area contributed by atoms with Crippen molar-refractivity contribution in [3.63, 3.8) is 0 Å². The van der Waals surface area contributed by atoms with Crippen LogP contribution < -0.4 is 10.6 Å². The minimum Gasteiger partial charge on any atom is -0.371 e. The van der Waals surface area contributed by atoms with Crippen LogP contribution in [0.25, 0.3) is 11.0 Å². The molecule has 0 saturated heterocycles. The zero-order chi connectivity index (χ0) is 23.2. The van der Waals surface area contributed by atoms with Gasteiger partial charge in [0.1, 0.15) is 11.5 Å². The van der Waals surface area contributed by atoms with Gasteiger partial charge in [-0.05, 0) is 49.7 Å². The second-order valence-electron chi connectivity index (χ2n) is 7.67. The summed E-state index contributed by atoms with van der Waals surface area (Å²) in [4.78, 5) is 35.7. The lowest BCUT2D eigenvalue weighted by Gasteiger charge is -2.15. The Hall–Kier alpha value is -4.27. The van der Waals surface area contributed by atoms with Gasteiger partial charge in [0.05, 0.1) is 27.7 Å². The Bertz CT molecular complexity index is 1240. The first-order valence-corrected chi connectivity index (χ1v) is 10.7. The second-order valence-corrected chi connectivity index (χ2v) is 7.67. The van der Waals surface area contributed by atoms with Crippen molar-refractivity contribution >= 4 is 28.3 Å². The highest BCUT2D eigenvalue weighted by molar-refractivity contribution is 5.95. The van der Waals surface area contributed by atoms with E-state index in [1.165, 1.54) is 6.07 Å². The van der Waals surface area contributed by atoms with Crippen molar-refractivity contribution in [2.24, 2.45) is 0 Å². The molecule has 0 aliphatic carbocycles. The van der Waals surface area contributed by atoms with Crippen LogP contribution >= 0.6 is 0 Å². The van der Waals surface area contributed by atoms with Crippen LogP contribution in [0, 0.1) is 10.1 Å². The Morgan fingerprint density at radius 3 is 2.73 bits per heavy atom. The second kappa shape index (κ2) is 9.90. The molecule has 168 valence electrons. The number of hydrogen-bond donors (Lipinski definition) is 3. The van der Waals surface area contributed by atoms with Crippen LogP contribution in [-0.2, 0) is 6.42 Å². The van der Waals surface area contributed by atoms with E-state index in [2.05, 4.69) is 25.6 Å². The van der Waals surface area contributed by atoms with Crippen molar-refractivity contribution in [3.8, 4) is 0 Å². The predicted octanol–water partition coefficient (Wildman–Crippen LogP) is 4.40. The van der Waals surface area contributed by atoms with Crippen LogP contribution in [-0.4, -0.2) is 32.3 Å². The Labute approximate surface area is 190 Å². The quantitative estimate of drug-likeness (QED) is 0.200. The number of imidazole rings is 1. The molecule has 0 aliphatic rings. The van der Waals surface area contributed by atoms with Crippen molar-refractivity contribution in [2.45, 2.75) is 25.8 Å². The smallest absolute Gasteiger partial charge is 0.293 e. The SMILES string of the molecule is CC(Nc1ccc(C(=O)NCCCc2nc3ccccc3[nH]2)cc1[N+](=O)[O-])c1ccccn1. The molecule has 2 aromatic carbocycles. The van der Waals surface area contributed by atoms with Gasteiger partial charge in [0.25, 0.3) is 11.6 Å². The van der Waals surface area contributed by atoms with Gasteiger partial charge in [0.2, 0.25) is 0 Å². The summed E-state index contributed by atoms with van der Waals surface area (Å²) in [6.45, 7) is 2.30. The summed E-state index contributed by atoms with van der Waals surface area (Å²) >= 11 is 0. The molecular weight excluding hydrogens is 420 g/mol. The molecule has 0 spiro atoms. The van der Waals surface area contributed by atoms with Crippen LogP contribution in [0.3, 0.4) is 0 Å². The Morgan fingerprint density at radius 1 is 1.15 bits per heavy atom. The molecular formula is C24H24N6O3. The summed E-state index contributed by atoms with van der Waals surface area (Å²) in [6.07, 6.45) is 3.04. The number of aromatic nitrogens is 3. The molecule has 9 heteroatoms. The van der Waals surface area contributed by atoms with Crippen LogP contribution in [0.1, 0.15) is 41.3 Å². The molecule has 0 fully saturated rings. The molecule has 0 saturated carbocycles. The molecule has 2 heterocycles. The van der Waals surface area contributed by atoms with E-state index in [4.69, 9.17) is 0 Å². The number of nitro groups is 1. The summed E-state index contributed by atoms with van der Waals surface area (Å²) in [5.74, 6) is 0.505. The Kier molecular flexibility index (Phi) is 6.58. The molecule has 33 heavy (non-hydrogen) atoms. The minimum absolute atomic E-state index is 0.160. The van der Waals surface area contributed by atoms with E-state index in [0.29, 0.717) is 25.1 Å². The first-order valence-electron chi connectivity index (χ1n) is 10.7. The van der Waals surface area contributed by atoms with E-state index in [1.54, 1.807) is 18.3 Å². The number of amides is 1. The zero-order valence-electron chi connectivity index (χ0n) is 18.1. The fraction of sp³-hybridized carbons (Fsp3) is 0.208. The molecule has 0 bridgehead atoms. The molecule has 1 amide bonds. The van der Waals surface area contributed by atoms with Gasteiger partial charge in [-0.25, -0.2) is 4.98 Å². The van der Waals surface area contributed by atoms with Crippen LogP contribution in [0.4, 0.5) is 11.4 Å². The summed E-state index contributed by atoms with van der Waals surface area (Å²) in [7, 11) is 0. The lowest BCUT2D eigenvalue weighted by molar-refractivity contribution is -0.384. The Morgan fingerprint density at radius 2 is 1.97 bits per heavy atom. The number of para-hydroxylation sites is 2. The fourth-order valence-electron chi connectivity index (χ4n) is 3.57. The average molecular weight is 444 g/mol. The van der Waals surface area contributed by atoms with Crippen molar-refractivity contribution < 1.29 is 9.72 Å². The van der Waals surface area contributed by atoms with E-state index in [-0.39, 0.29) is 23.2 Å². The van der Waals surface area contributed by atoms with Gasteiger partial charge < -0.3 is 15.6 Å².